The molecule has 0 saturated carbocycles. The van der Waals surface area contributed by atoms with Gasteiger partial charge in [0.25, 0.3) is 0 Å². The van der Waals surface area contributed by atoms with Crippen LogP contribution in [0.5, 0.6) is 11.5 Å². The lowest BCUT2D eigenvalue weighted by atomic mass is 9.95. The molecule has 1 saturated heterocycles. The van der Waals surface area contributed by atoms with Gasteiger partial charge in [0.1, 0.15) is 11.5 Å². The Labute approximate surface area is 161 Å². The summed E-state index contributed by atoms with van der Waals surface area (Å²) in [5.74, 6) is 2.38. The molecule has 0 radical (unpaired) electrons. The molecule has 1 fully saturated rings. The van der Waals surface area contributed by atoms with E-state index in [-0.39, 0.29) is 0 Å². The third-order valence-electron chi connectivity index (χ3n) is 5.65. The lowest BCUT2D eigenvalue weighted by molar-refractivity contribution is 0.174. The van der Waals surface area contributed by atoms with Gasteiger partial charge in [0.05, 0.1) is 19.4 Å². The van der Waals surface area contributed by atoms with Gasteiger partial charge in [0.2, 0.25) is 0 Å². The third kappa shape index (κ3) is 4.79. The van der Waals surface area contributed by atoms with Gasteiger partial charge in [0.15, 0.2) is 0 Å². The molecule has 3 heterocycles. The Morgan fingerprint density at radius 2 is 2.11 bits per heavy atom. The molecule has 0 aliphatic carbocycles. The number of nitrogens with zero attached hydrogens (tertiary/aromatic N) is 2. The highest BCUT2D eigenvalue weighted by Gasteiger charge is 2.23. The van der Waals surface area contributed by atoms with Crippen LogP contribution in [0.25, 0.3) is 0 Å². The number of hydrogen-bond acceptors (Lipinski definition) is 5. The second-order valence-electron chi connectivity index (χ2n) is 7.63. The predicted molar refractivity (Wildman–Crippen MR) is 106 cm³/mol. The summed E-state index contributed by atoms with van der Waals surface area (Å²) in [6.07, 6.45) is 5.36. The van der Waals surface area contributed by atoms with E-state index >= 15 is 0 Å². The van der Waals surface area contributed by atoms with Gasteiger partial charge >= 0.3 is 0 Å². The van der Waals surface area contributed by atoms with Crippen molar-refractivity contribution in [3.05, 3.63) is 53.9 Å². The molecule has 2 aliphatic rings. The number of aromatic nitrogens is 1. The number of rotatable bonds is 6. The topological polar surface area (TPSA) is 46.6 Å². The van der Waals surface area contributed by atoms with Gasteiger partial charge in [-0.05, 0) is 43.0 Å². The summed E-state index contributed by atoms with van der Waals surface area (Å²) in [7, 11) is 1.69. The van der Waals surface area contributed by atoms with Gasteiger partial charge in [0, 0.05) is 50.4 Å². The average Bonchev–Trinajstić information content (AvgIpc) is 2.73. The minimum atomic E-state index is 0.539. The van der Waals surface area contributed by atoms with Crippen LogP contribution in [0, 0.1) is 5.92 Å². The van der Waals surface area contributed by atoms with Gasteiger partial charge < -0.3 is 14.8 Å². The Balaban J connectivity index is 1.20. The molecule has 27 heavy (non-hydrogen) atoms. The molecule has 1 aromatic heterocycles. The standard InChI is InChI=1S/C22H29N3O2/c1-26-21-6-5-18-12-17(16-27-22(18)13-21)14-24-19-7-10-25(11-8-19)15-20-4-2-3-9-23-20/h2-6,9,13,17,19,24H,7-8,10-12,14-16H2,1H3/t17-/m0/s1. The second-order valence-corrected chi connectivity index (χ2v) is 7.63. The lowest BCUT2D eigenvalue weighted by Gasteiger charge is -2.33. The molecule has 144 valence electrons. The fraction of sp³-hybridized carbons (Fsp3) is 0.500. The summed E-state index contributed by atoms with van der Waals surface area (Å²) in [5.41, 5.74) is 2.46. The fourth-order valence-corrected chi connectivity index (χ4v) is 4.02. The van der Waals surface area contributed by atoms with E-state index in [0.29, 0.717) is 12.0 Å². The molecular weight excluding hydrogens is 338 g/mol. The van der Waals surface area contributed by atoms with Crippen LogP contribution in [-0.2, 0) is 13.0 Å². The molecule has 1 atom stereocenters. The summed E-state index contributed by atoms with van der Waals surface area (Å²) < 4.78 is 11.2. The molecule has 0 amide bonds. The highest BCUT2D eigenvalue weighted by Crippen LogP contribution is 2.30. The molecule has 1 N–H and O–H groups in total. The number of pyridine rings is 1. The highest BCUT2D eigenvalue weighted by atomic mass is 16.5. The number of fused-ring (bicyclic) bond motifs is 1. The first-order valence-electron chi connectivity index (χ1n) is 9.95. The van der Waals surface area contributed by atoms with Gasteiger partial charge in [-0.3, -0.25) is 9.88 Å². The zero-order valence-electron chi connectivity index (χ0n) is 16.1. The minimum absolute atomic E-state index is 0.539. The molecular formula is C22H29N3O2. The Morgan fingerprint density at radius 1 is 1.22 bits per heavy atom. The lowest BCUT2D eigenvalue weighted by Crippen LogP contribution is -2.44. The molecule has 2 aromatic rings. The van der Waals surface area contributed by atoms with Gasteiger partial charge in [-0.2, -0.15) is 0 Å². The summed E-state index contributed by atoms with van der Waals surface area (Å²) >= 11 is 0. The van der Waals surface area contributed by atoms with Crippen molar-refractivity contribution in [1.29, 1.82) is 0 Å². The number of ether oxygens (including phenoxy) is 2. The van der Waals surface area contributed by atoms with E-state index in [2.05, 4.69) is 33.4 Å². The monoisotopic (exact) mass is 367 g/mol. The molecule has 4 rings (SSSR count). The van der Waals surface area contributed by atoms with Crippen molar-refractivity contribution < 1.29 is 9.47 Å². The first kappa shape index (κ1) is 18.3. The predicted octanol–water partition coefficient (Wildman–Crippen LogP) is 2.90. The first-order chi connectivity index (χ1) is 13.3. The number of likely N-dealkylation sites (tertiary alicyclic amines) is 1. The van der Waals surface area contributed by atoms with E-state index in [9.17, 15) is 0 Å². The quantitative estimate of drug-likeness (QED) is 0.851. The Bertz CT molecular complexity index is 730. The van der Waals surface area contributed by atoms with Gasteiger partial charge in [-0.15, -0.1) is 0 Å². The fourth-order valence-electron chi connectivity index (χ4n) is 4.02. The van der Waals surface area contributed by atoms with Gasteiger partial charge in [-0.1, -0.05) is 12.1 Å². The zero-order chi connectivity index (χ0) is 18.5. The summed E-state index contributed by atoms with van der Waals surface area (Å²) in [5, 5.41) is 3.78. The maximum atomic E-state index is 5.97. The van der Waals surface area contributed by atoms with Crippen molar-refractivity contribution >= 4 is 0 Å². The molecule has 5 nitrogen and oxygen atoms in total. The minimum Gasteiger partial charge on any atom is -0.497 e. The summed E-state index contributed by atoms with van der Waals surface area (Å²) in [6, 6.07) is 12.9. The SMILES string of the molecule is COc1ccc2c(c1)OC[C@H](CNC1CCN(Cc3ccccn3)CC1)C2. The maximum Gasteiger partial charge on any atom is 0.126 e. The Morgan fingerprint density at radius 3 is 2.89 bits per heavy atom. The third-order valence-corrected chi connectivity index (χ3v) is 5.65. The molecule has 2 aliphatic heterocycles. The van der Waals surface area contributed by atoms with E-state index in [4.69, 9.17) is 9.47 Å². The molecule has 0 bridgehead atoms. The van der Waals surface area contributed by atoms with E-state index < -0.39 is 0 Å². The maximum absolute atomic E-state index is 5.97. The Hall–Kier alpha value is -2.11. The Kier molecular flexibility index (Phi) is 5.90. The van der Waals surface area contributed by atoms with Crippen LogP contribution < -0.4 is 14.8 Å². The zero-order valence-corrected chi connectivity index (χ0v) is 16.1. The average molecular weight is 367 g/mol. The largest absolute Gasteiger partial charge is 0.497 e. The van der Waals surface area contributed by atoms with Crippen molar-refractivity contribution in [1.82, 2.24) is 15.2 Å². The van der Waals surface area contributed by atoms with Gasteiger partial charge in [-0.25, -0.2) is 0 Å². The van der Waals surface area contributed by atoms with Crippen LogP contribution in [0.3, 0.4) is 0 Å². The van der Waals surface area contributed by atoms with Crippen molar-refractivity contribution in [2.24, 2.45) is 5.92 Å². The molecule has 1 aromatic carbocycles. The first-order valence-corrected chi connectivity index (χ1v) is 9.95. The number of hydrogen-bond donors (Lipinski definition) is 1. The van der Waals surface area contributed by atoms with Crippen LogP contribution in [0.15, 0.2) is 42.6 Å². The van der Waals surface area contributed by atoms with Crippen LogP contribution in [0.1, 0.15) is 24.1 Å². The smallest absolute Gasteiger partial charge is 0.126 e. The van der Waals surface area contributed by atoms with Crippen molar-refractivity contribution in [2.75, 3.05) is 33.4 Å². The molecule has 5 heteroatoms. The van der Waals surface area contributed by atoms with Crippen LogP contribution in [0.2, 0.25) is 0 Å². The normalized spacial score (nSPS) is 20.7. The van der Waals surface area contributed by atoms with Crippen molar-refractivity contribution in [3.63, 3.8) is 0 Å². The van der Waals surface area contributed by atoms with E-state index in [1.807, 2.05) is 24.4 Å². The van der Waals surface area contributed by atoms with Crippen molar-refractivity contribution in [2.45, 2.75) is 31.8 Å². The molecule has 0 unspecified atom stereocenters. The van der Waals surface area contributed by atoms with E-state index in [1.54, 1.807) is 7.11 Å². The van der Waals surface area contributed by atoms with Crippen LogP contribution in [-0.4, -0.2) is 49.3 Å². The summed E-state index contributed by atoms with van der Waals surface area (Å²) in [6.45, 7) is 5.04. The number of nitrogens with one attached hydrogen (secondary N) is 1. The van der Waals surface area contributed by atoms with Crippen LogP contribution >= 0.6 is 0 Å². The molecule has 0 spiro atoms. The summed E-state index contributed by atoms with van der Waals surface area (Å²) in [4.78, 5) is 6.95. The number of piperidine rings is 1. The van der Waals surface area contributed by atoms with E-state index in [0.717, 1.165) is 50.7 Å². The number of benzene rings is 1. The van der Waals surface area contributed by atoms with Crippen molar-refractivity contribution in [3.8, 4) is 11.5 Å². The van der Waals surface area contributed by atoms with E-state index in [1.165, 1.54) is 24.1 Å². The second kappa shape index (κ2) is 8.72. The highest BCUT2D eigenvalue weighted by molar-refractivity contribution is 5.42. The van der Waals surface area contributed by atoms with Crippen LogP contribution in [0.4, 0.5) is 0 Å². The number of methoxy groups -OCH3 is 1.